The summed E-state index contributed by atoms with van der Waals surface area (Å²) in [6.07, 6.45) is 88.8. The van der Waals surface area contributed by atoms with E-state index in [9.17, 15) is 30.3 Å². The van der Waals surface area contributed by atoms with E-state index in [1.807, 2.05) is 6.08 Å². The lowest BCUT2D eigenvalue weighted by molar-refractivity contribution is -0.302. The molecule has 0 bridgehead atoms. The van der Waals surface area contributed by atoms with Gasteiger partial charge in [0.1, 0.15) is 24.4 Å². The van der Waals surface area contributed by atoms with Crippen LogP contribution in [-0.2, 0) is 14.3 Å². The Kier molecular flexibility index (Phi) is 67.4. The molecule has 0 radical (unpaired) electrons. The topological polar surface area (TPSA) is 149 Å². The highest BCUT2D eigenvalue weighted by molar-refractivity contribution is 5.76. The molecule has 90 heavy (non-hydrogen) atoms. The van der Waals surface area contributed by atoms with Gasteiger partial charge in [-0.05, 0) is 44.9 Å². The van der Waals surface area contributed by atoms with Crippen LogP contribution in [0.5, 0.6) is 0 Å². The van der Waals surface area contributed by atoms with Crippen molar-refractivity contribution in [2.45, 2.75) is 461 Å². The summed E-state index contributed by atoms with van der Waals surface area (Å²) < 4.78 is 11.3. The Hall–Kier alpha value is -1.59. The molecule has 0 aliphatic carbocycles. The summed E-state index contributed by atoms with van der Waals surface area (Å²) in [6, 6.07) is -0.829. The minimum atomic E-state index is -1.58. The van der Waals surface area contributed by atoms with Crippen molar-refractivity contribution in [3.05, 3.63) is 36.5 Å². The maximum absolute atomic E-state index is 13.2. The summed E-state index contributed by atoms with van der Waals surface area (Å²) in [6.45, 7) is 3.83. The number of unbranched alkanes of at least 4 members (excludes halogenated alkanes) is 58. The number of nitrogens with one attached hydrogen (secondary N) is 1. The molecule has 1 aliphatic rings. The molecular weight excluding hydrogens is 1110 g/mol. The molecule has 1 amide bonds. The fourth-order valence-electron chi connectivity index (χ4n) is 13.2. The van der Waals surface area contributed by atoms with Gasteiger partial charge in [0, 0.05) is 6.42 Å². The smallest absolute Gasteiger partial charge is 0.220 e. The molecule has 1 fully saturated rings. The molecule has 1 aliphatic heterocycles. The van der Waals surface area contributed by atoms with E-state index in [-0.39, 0.29) is 12.5 Å². The third-order valence-corrected chi connectivity index (χ3v) is 19.4. The van der Waals surface area contributed by atoms with E-state index in [2.05, 4.69) is 43.5 Å². The Bertz CT molecular complexity index is 1520. The van der Waals surface area contributed by atoms with E-state index >= 15 is 0 Å². The van der Waals surface area contributed by atoms with Crippen LogP contribution in [0, 0.1) is 0 Å². The van der Waals surface area contributed by atoms with Gasteiger partial charge in [0.25, 0.3) is 0 Å². The zero-order valence-corrected chi connectivity index (χ0v) is 59.9. The number of carbonyl (C=O) groups is 1. The highest BCUT2D eigenvalue weighted by atomic mass is 16.7. The van der Waals surface area contributed by atoms with Crippen molar-refractivity contribution in [2.24, 2.45) is 0 Å². The number of aliphatic hydroxyl groups is 5. The predicted molar refractivity (Wildman–Crippen MR) is 387 cm³/mol. The summed E-state index contributed by atoms with van der Waals surface area (Å²) in [5.74, 6) is -0.182. The molecule has 7 atom stereocenters. The monoisotopic (exact) mass is 1270 g/mol. The molecule has 0 saturated carbocycles. The summed E-state index contributed by atoms with van der Waals surface area (Å²) in [5, 5.41) is 54.9. The Morgan fingerprint density at radius 3 is 0.933 bits per heavy atom. The van der Waals surface area contributed by atoms with Gasteiger partial charge in [-0.15, -0.1) is 0 Å². The maximum Gasteiger partial charge on any atom is 0.220 e. The molecule has 0 aromatic heterocycles. The van der Waals surface area contributed by atoms with Gasteiger partial charge in [0.2, 0.25) is 5.91 Å². The summed E-state index contributed by atoms with van der Waals surface area (Å²) in [4.78, 5) is 13.2. The van der Waals surface area contributed by atoms with Crippen LogP contribution in [0.4, 0.5) is 0 Å². The third-order valence-electron chi connectivity index (χ3n) is 19.4. The van der Waals surface area contributed by atoms with Crippen LogP contribution in [0.3, 0.4) is 0 Å². The second kappa shape index (κ2) is 70.2. The van der Waals surface area contributed by atoms with Crippen LogP contribution in [0.25, 0.3) is 0 Å². The van der Waals surface area contributed by atoms with E-state index in [0.717, 1.165) is 44.9 Å². The normalized spacial score (nSPS) is 17.9. The average Bonchev–Trinajstić information content (AvgIpc) is 1.28. The van der Waals surface area contributed by atoms with Crippen LogP contribution < -0.4 is 5.32 Å². The van der Waals surface area contributed by atoms with E-state index in [4.69, 9.17) is 9.47 Å². The highest BCUT2D eigenvalue weighted by Gasteiger charge is 2.44. The number of allylic oxidation sites excluding steroid dienone is 5. The van der Waals surface area contributed by atoms with Crippen LogP contribution in [0.2, 0.25) is 0 Å². The maximum atomic E-state index is 13.2. The lowest BCUT2D eigenvalue weighted by atomic mass is 9.99. The van der Waals surface area contributed by atoms with Gasteiger partial charge < -0.3 is 40.3 Å². The third kappa shape index (κ3) is 57.8. The van der Waals surface area contributed by atoms with Crippen molar-refractivity contribution in [3.63, 3.8) is 0 Å². The van der Waals surface area contributed by atoms with Crippen molar-refractivity contribution >= 4 is 5.91 Å². The van der Waals surface area contributed by atoms with E-state index in [0.29, 0.717) is 6.42 Å². The Labute approximate surface area is 559 Å². The Balaban J connectivity index is 2.08. The molecule has 9 nitrogen and oxygen atoms in total. The summed E-state index contributed by atoms with van der Waals surface area (Å²) in [5.41, 5.74) is 0. The van der Waals surface area contributed by atoms with E-state index < -0.39 is 49.5 Å². The summed E-state index contributed by atoms with van der Waals surface area (Å²) in [7, 11) is 0. The first kappa shape index (κ1) is 86.4. The molecule has 532 valence electrons. The molecule has 1 saturated heterocycles. The lowest BCUT2D eigenvalue weighted by Crippen LogP contribution is -2.60. The number of aliphatic hydroxyl groups excluding tert-OH is 5. The zero-order chi connectivity index (χ0) is 64.9. The molecule has 6 N–H and O–H groups in total. The van der Waals surface area contributed by atoms with Gasteiger partial charge in [-0.25, -0.2) is 0 Å². The van der Waals surface area contributed by atoms with Crippen LogP contribution in [0.15, 0.2) is 36.5 Å². The highest BCUT2D eigenvalue weighted by Crippen LogP contribution is 2.24. The van der Waals surface area contributed by atoms with E-state index in [1.165, 1.54) is 353 Å². The van der Waals surface area contributed by atoms with Crippen molar-refractivity contribution in [1.29, 1.82) is 0 Å². The van der Waals surface area contributed by atoms with Crippen LogP contribution >= 0.6 is 0 Å². The lowest BCUT2D eigenvalue weighted by Gasteiger charge is -2.40. The minimum absolute atomic E-state index is 0.182. The van der Waals surface area contributed by atoms with Crippen molar-refractivity contribution < 1.29 is 39.8 Å². The van der Waals surface area contributed by atoms with Gasteiger partial charge in [0.05, 0.1) is 25.4 Å². The minimum Gasteiger partial charge on any atom is -0.394 e. The molecule has 9 heteroatoms. The molecule has 7 unspecified atom stereocenters. The first-order valence-electron chi connectivity index (χ1n) is 40.2. The molecular formula is C81H155NO8. The van der Waals surface area contributed by atoms with Gasteiger partial charge in [-0.2, -0.15) is 0 Å². The number of hydrogen-bond acceptors (Lipinski definition) is 8. The fraction of sp³-hybridized carbons (Fsp3) is 0.914. The largest absolute Gasteiger partial charge is 0.394 e. The number of amides is 1. The van der Waals surface area contributed by atoms with Gasteiger partial charge in [-0.3, -0.25) is 4.79 Å². The number of carbonyl (C=O) groups excluding carboxylic acids is 1. The van der Waals surface area contributed by atoms with Crippen molar-refractivity contribution in [2.75, 3.05) is 13.2 Å². The zero-order valence-electron chi connectivity index (χ0n) is 59.9. The quantitative estimate of drug-likeness (QED) is 0.0261. The molecule has 0 aromatic rings. The first-order valence-corrected chi connectivity index (χ1v) is 40.2. The second-order valence-corrected chi connectivity index (χ2v) is 28.2. The van der Waals surface area contributed by atoms with Crippen LogP contribution in [-0.4, -0.2) is 87.5 Å². The molecule has 0 aromatic carbocycles. The predicted octanol–water partition coefficient (Wildman–Crippen LogP) is 22.9. The summed E-state index contributed by atoms with van der Waals surface area (Å²) >= 11 is 0. The Morgan fingerprint density at radius 2 is 0.633 bits per heavy atom. The van der Waals surface area contributed by atoms with Gasteiger partial charge >= 0.3 is 0 Å². The average molecular weight is 1270 g/mol. The standard InChI is InChI=1S/C81H155NO8/c1-3-5-7-9-11-13-15-17-19-21-23-25-27-29-31-33-35-36-37-38-39-40-41-43-45-47-49-51-53-55-57-59-61-63-65-67-69-71-77(85)82-74(73-89-81-80(88)79(87)78(86)76(72-83)90-81)75(84)70-68-66-64-62-60-58-56-54-52-50-48-46-44-42-34-32-30-28-26-24-22-20-18-16-14-12-10-8-6-4-2/h52,54,60,62,68,70,74-76,78-81,83-84,86-88H,3-51,53,55-59,61,63-67,69,71-73H2,1-2H3,(H,82,85)/b54-52+,62-60+,70-68+. The SMILES string of the molecule is CCCCCCCCCCCCCCCCCCCCCC/C=C/CC/C=C/CC/C=C/C(O)C(COC1OC(CO)C(O)C(O)C1O)NC(=O)CCCCCCCCCCCCCCCCCCCCCCCCCCCCCCCCCCCCCCC. The first-order chi connectivity index (χ1) is 44.3. The van der Waals surface area contributed by atoms with Crippen molar-refractivity contribution in [1.82, 2.24) is 5.32 Å². The molecule has 1 heterocycles. The second-order valence-electron chi connectivity index (χ2n) is 28.2. The van der Waals surface area contributed by atoms with Gasteiger partial charge in [-0.1, -0.05) is 403 Å². The van der Waals surface area contributed by atoms with E-state index in [1.54, 1.807) is 6.08 Å². The van der Waals surface area contributed by atoms with Crippen molar-refractivity contribution in [3.8, 4) is 0 Å². The van der Waals surface area contributed by atoms with Crippen LogP contribution in [0.1, 0.15) is 418 Å². The molecule has 0 spiro atoms. The van der Waals surface area contributed by atoms with Gasteiger partial charge in [0.15, 0.2) is 6.29 Å². The fourth-order valence-corrected chi connectivity index (χ4v) is 13.2. The number of ether oxygens (including phenoxy) is 2. The number of rotatable bonds is 72. The molecule has 1 rings (SSSR count). The Morgan fingerprint density at radius 1 is 0.367 bits per heavy atom. The number of hydrogen-bond donors (Lipinski definition) is 6.